The second kappa shape index (κ2) is 9.03. The van der Waals surface area contributed by atoms with Crippen molar-refractivity contribution in [1.82, 2.24) is 10.2 Å². The maximum absolute atomic E-state index is 13.6. The fraction of sp³-hybridized carbons (Fsp3) is 0.529. The van der Waals surface area contributed by atoms with Crippen LogP contribution in [0.2, 0.25) is 0 Å². The Kier molecular flexibility index (Phi) is 7.00. The Morgan fingerprint density at radius 3 is 2.52 bits per heavy atom. The molecule has 2 aliphatic rings. The summed E-state index contributed by atoms with van der Waals surface area (Å²) in [4.78, 5) is 22.8. The zero-order valence-corrected chi connectivity index (χ0v) is 14.6. The first-order valence-electron chi connectivity index (χ1n) is 8.36. The van der Waals surface area contributed by atoms with E-state index in [1.165, 1.54) is 0 Å². The summed E-state index contributed by atoms with van der Waals surface area (Å²) >= 11 is 0. The molecular weight excluding hydrogens is 372 g/mol. The Bertz CT molecular complexity index is 667. The molecule has 1 N–H and O–H groups in total. The number of amides is 2. The number of alkyl carbamates (subject to hydrolysis) is 1. The minimum absolute atomic E-state index is 0.0237. The van der Waals surface area contributed by atoms with E-state index >= 15 is 0 Å². The van der Waals surface area contributed by atoms with Crippen LogP contribution in [0, 0.1) is 5.82 Å². The molecule has 0 radical (unpaired) electrons. The number of benzene rings is 1. The zero-order valence-electron chi connectivity index (χ0n) is 14.6. The molecule has 0 atom stereocenters. The van der Waals surface area contributed by atoms with E-state index in [4.69, 9.17) is 4.74 Å². The van der Waals surface area contributed by atoms with Crippen molar-refractivity contribution in [2.24, 2.45) is 0 Å². The van der Waals surface area contributed by atoms with Gasteiger partial charge in [0, 0.05) is 25.1 Å². The summed E-state index contributed by atoms with van der Waals surface area (Å²) in [7, 11) is 0. The monoisotopic (exact) mass is 392 g/mol. The summed E-state index contributed by atoms with van der Waals surface area (Å²) in [6.07, 6.45) is -4.63. The highest BCUT2D eigenvalue weighted by molar-refractivity contribution is 5.76. The number of hydrogen-bond acceptors (Lipinski definition) is 4. The van der Waals surface area contributed by atoms with E-state index in [-0.39, 0.29) is 30.3 Å². The third kappa shape index (κ3) is 6.09. The van der Waals surface area contributed by atoms with Crippen molar-refractivity contribution >= 4 is 12.0 Å². The smallest absolute Gasteiger partial charge is 0.416 e. The molecule has 0 aromatic heterocycles. The van der Waals surface area contributed by atoms with Crippen molar-refractivity contribution < 1.29 is 36.6 Å². The Morgan fingerprint density at radius 2 is 2.07 bits per heavy atom. The molecular formula is C17H20F4N2O4. The lowest BCUT2D eigenvalue weighted by Crippen LogP contribution is -2.54. The molecule has 2 saturated heterocycles. The van der Waals surface area contributed by atoms with Crippen molar-refractivity contribution in [1.29, 1.82) is 0 Å². The van der Waals surface area contributed by atoms with Crippen molar-refractivity contribution in [3.8, 4) is 0 Å². The van der Waals surface area contributed by atoms with Crippen LogP contribution in [0.25, 0.3) is 0 Å². The van der Waals surface area contributed by atoms with Gasteiger partial charge in [0.25, 0.3) is 0 Å². The molecule has 0 bridgehead atoms. The highest BCUT2D eigenvalue weighted by Crippen LogP contribution is 2.30. The van der Waals surface area contributed by atoms with Gasteiger partial charge in [-0.05, 0) is 12.1 Å². The number of nitrogens with zero attached hydrogens (tertiary/aromatic N) is 1. The SMILES string of the molecule is CCC(=O)N1CC(OCc2ccc(C(F)(F)F)cc2F)C1.O=C1NCCO1. The first-order valence-corrected chi connectivity index (χ1v) is 8.36. The lowest BCUT2D eigenvalue weighted by atomic mass is 10.1. The molecule has 2 fully saturated rings. The molecule has 10 heteroatoms. The van der Waals surface area contributed by atoms with Crippen LogP contribution in [0.3, 0.4) is 0 Å². The highest BCUT2D eigenvalue weighted by atomic mass is 19.4. The molecule has 1 aromatic carbocycles. The van der Waals surface area contributed by atoms with Gasteiger partial charge in [-0.2, -0.15) is 13.2 Å². The van der Waals surface area contributed by atoms with E-state index in [2.05, 4.69) is 10.1 Å². The highest BCUT2D eigenvalue weighted by Gasteiger charge is 2.32. The van der Waals surface area contributed by atoms with Crippen LogP contribution in [-0.4, -0.2) is 49.2 Å². The van der Waals surface area contributed by atoms with E-state index < -0.39 is 17.6 Å². The molecule has 0 spiro atoms. The Balaban J connectivity index is 0.000000369. The van der Waals surface area contributed by atoms with Crippen LogP contribution in [0.15, 0.2) is 18.2 Å². The molecule has 2 amide bonds. The third-order valence-electron chi connectivity index (χ3n) is 3.96. The fourth-order valence-corrected chi connectivity index (χ4v) is 2.37. The van der Waals surface area contributed by atoms with Crippen LogP contribution in [0.1, 0.15) is 24.5 Å². The van der Waals surface area contributed by atoms with Gasteiger partial charge in [-0.3, -0.25) is 4.79 Å². The molecule has 2 heterocycles. The van der Waals surface area contributed by atoms with Gasteiger partial charge in [-0.1, -0.05) is 13.0 Å². The second-order valence-corrected chi connectivity index (χ2v) is 5.95. The Morgan fingerprint density at radius 1 is 1.37 bits per heavy atom. The van der Waals surface area contributed by atoms with Gasteiger partial charge in [-0.15, -0.1) is 0 Å². The maximum Gasteiger partial charge on any atom is 0.416 e. The summed E-state index contributed by atoms with van der Waals surface area (Å²) in [5.41, 5.74) is -0.949. The molecule has 3 rings (SSSR count). The van der Waals surface area contributed by atoms with Crippen LogP contribution >= 0.6 is 0 Å². The van der Waals surface area contributed by atoms with E-state index in [9.17, 15) is 27.2 Å². The number of carbonyl (C=O) groups is 2. The van der Waals surface area contributed by atoms with Crippen molar-refractivity contribution in [3.63, 3.8) is 0 Å². The lowest BCUT2D eigenvalue weighted by molar-refractivity contribution is -0.145. The number of cyclic esters (lactones) is 1. The first kappa shape index (κ1) is 20.9. The number of halogens is 4. The van der Waals surface area contributed by atoms with Crippen LogP contribution in [0.4, 0.5) is 22.4 Å². The largest absolute Gasteiger partial charge is 0.448 e. The lowest BCUT2D eigenvalue weighted by Gasteiger charge is -2.38. The average molecular weight is 392 g/mol. The van der Waals surface area contributed by atoms with E-state index in [0.29, 0.717) is 38.7 Å². The fourth-order valence-electron chi connectivity index (χ4n) is 2.37. The van der Waals surface area contributed by atoms with Gasteiger partial charge < -0.3 is 19.7 Å². The normalized spacial score (nSPS) is 16.8. The molecule has 1 aromatic rings. The van der Waals surface area contributed by atoms with E-state index in [1.807, 2.05) is 0 Å². The zero-order chi connectivity index (χ0) is 20.0. The molecule has 150 valence electrons. The number of likely N-dealkylation sites (tertiary alicyclic amines) is 1. The number of hydrogen-bond donors (Lipinski definition) is 1. The number of alkyl halides is 3. The van der Waals surface area contributed by atoms with Gasteiger partial charge in [0.2, 0.25) is 5.91 Å². The van der Waals surface area contributed by atoms with Crippen LogP contribution in [-0.2, 0) is 27.1 Å². The van der Waals surface area contributed by atoms with Gasteiger partial charge in [-0.25, -0.2) is 9.18 Å². The third-order valence-corrected chi connectivity index (χ3v) is 3.96. The summed E-state index contributed by atoms with van der Waals surface area (Å²) in [5.74, 6) is -0.916. The number of carbonyl (C=O) groups excluding carboxylic acids is 2. The summed E-state index contributed by atoms with van der Waals surface area (Å²) in [6.45, 7) is 3.72. The molecule has 2 aliphatic heterocycles. The topological polar surface area (TPSA) is 67.9 Å². The summed E-state index contributed by atoms with van der Waals surface area (Å²) in [6, 6.07) is 2.37. The quantitative estimate of drug-likeness (QED) is 0.801. The molecule has 0 saturated carbocycles. The molecule has 0 aliphatic carbocycles. The summed E-state index contributed by atoms with van der Waals surface area (Å²) in [5, 5.41) is 2.46. The van der Waals surface area contributed by atoms with Gasteiger partial charge in [0.1, 0.15) is 12.4 Å². The predicted octanol–water partition coefficient (Wildman–Crippen LogP) is 2.71. The van der Waals surface area contributed by atoms with E-state index in [0.717, 1.165) is 12.1 Å². The standard InChI is InChI=1S/C14H15F4NO2.C3H5NO2/c1-2-13(20)19-6-11(7-19)21-8-9-3-4-10(5-12(9)15)14(16,17)18;5-3-4-1-2-6-3/h3-5,11H,2,6-8H2,1H3;1-2H2,(H,4,5). The molecule has 0 unspecified atom stereocenters. The Hall–Kier alpha value is -2.36. The van der Waals surface area contributed by atoms with Crippen LogP contribution < -0.4 is 5.32 Å². The van der Waals surface area contributed by atoms with Crippen molar-refractivity contribution in [2.45, 2.75) is 32.2 Å². The Labute approximate surface area is 153 Å². The predicted molar refractivity (Wildman–Crippen MR) is 86.2 cm³/mol. The van der Waals surface area contributed by atoms with Crippen molar-refractivity contribution in [3.05, 3.63) is 35.1 Å². The first-order chi connectivity index (χ1) is 12.7. The van der Waals surface area contributed by atoms with Crippen molar-refractivity contribution in [2.75, 3.05) is 26.2 Å². The maximum atomic E-state index is 13.6. The number of ether oxygens (including phenoxy) is 2. The minimum atomic E-state index is -4.56. The number of rotatable bonds is 4. The number of nitrogens with one attached hydrogen (secondary N) is 1. The van der Waals surface area contributed by atoms with E-state index in [1.54, 1.807) is 11.8 Å². The summed E-state index contributed by atoms with van der Waals surface area (Å²) < 4.78 is 60.5. The minimum Gasteiger partial charge on any atom is -0.448 e. The second-order valence-electron chi connectivity index (χ2n) is 5.95. The molecule has 27 heavy (non-hydrogen) atoms. The van der Waals surface area contributed by atoms with Gasteiger partial charge in [0.05, 0.1) is 24.8 Å². The van der Waals surface area contributed by atoms with Crippen LogP contribution in [0.5, 0.6) is 0 Å². The van der Waals surface area contributed by atoms with Gasteiger partial charge in [0.15, 0.2) is 0 Å². The molecule has 6 nitrogen and oxygen atoms in total. The average Bonchev–Trinajstić information content (AvgIpc) is 3.05. The van der Waals surface area contributed by atoms with Gasteiger partial charge >= 0.3 is 12.3 Å².